The topological polar surface area (TPSA) is 43.6 Å². The standard InChI is InChI=1S/C18H14N4S2/c1-2-8-15(9-3-1)22-17(16-10-6-12-23-16)20-21-18(22)24-13-14-7-4-5-11-19-14/h1-12H,13H2. The molecule has 24 heavy (non-hydrogen) atoms. The maximum atomic E-state index is 4.43. The van der Waals surface area contributed by atoms with Gasteiger partial charge in [0.2, 0.25) is 0 Å². The quantitative estimate of drug-likeness (QED) is 0.490. The Balaban J connectivity index is 1.72. The van der Waals surface area contributed by atoms with Crippen LogP contribution in [0.15, 0.2) is 77.4 Å². The molecule has 3 aromatic heterocycles. The van der Waals surface area contributed by atoms with E-state index in [4.69, 9.17) is 0 Å². The summed E-state index contributed by atoms with van der Waals surface area (Å²) >= 11 is 3.31. The second-order valence-corrected chi connectivity index (χ2v) is 6.95. The Morgan fingerprint density at radius 1 is 0.917 bits per heavy atom. The lowest BCUT2D eigenvalue weighted by Crippen LogP contribution is -1.99. The molecule has 118 valence electrons. The van der Waals surface area contributed by atoms with Crippen LogP contribution < -0.4 is 0 Å². The van der Waals surface area contributed by atoms with Crippen LogP contribution in [-0.2, 0) is 5.75 Å². The van der Waals surface area contributed by atoms with Crippen LogP contribution in [0.1, 0.15) is 5.69 Å². The molecule has 0 aliphatic heterocycles. The fourth-order valence-corrected chi connectivity index (χ4v) is 3.93. The highest BCUT2D eigenvalue weighted by Crippen LogP contribution is 2.31. The highest BCUT2D eigenvalue weighted by molar-refractivity contribution is 7.98. The molecule has 0 radical (unpaired) electrons. The number of hydrogen-bond acceptors (Lipinski definition) is 5. The Bertz CT molecular complexity index is 903. The van der Waals surface area contributed by atoms with Crippen molar-refractivity contribution in [2.45, 2.75) is 10.9 Å². The Morgan fingerprint density at radius 3 is 2.54 bits per heavy atom. The van der Waals surface area contributed by atoms with E-state index in [1.807, 2.05) is 48.7 Å². The Hall–Kier alpha value is -2.44. The minimum Gasteiger partial charge on any atom is -0.269 e. The molecular weight excluding hydrogens is 336 g/mol. The largest absolute Gasteiger partial charge is 0.269 e. The van der Waals surface area contributed by atoms with Crippen LogP contribution in [-0.4, -0.2) is 19.7 Å². The molecule has 3 heterocycles. The van der Waals surface area contributed by atoms with Gasteiger partial charge in [-0.1, -0.05) is 42.1 Å². The van der Waals surface area contributed by atoms with E-state index >= 15 is 0 Å². The average molecular weight is 350 g/mol. The Kier molecular flexibility index (Phi) is 4.40. The first-order valence-electron chi connectivity index (χ1n) is 7.49. The summed E-state index contributed by atoms with van der Waals surface area (Å²) in [5, 5.41) is 11.8. The molecule has 4 rings (SSSR count). The number of rotatable bonds is 5. The number of para-hydroxylation sites is 1. The van der Waals surface area contributed by atoms with Crippen molar-refractivity contribution in [2.75, 3.05) is 0 Å². The molecule has 0 fully saturated rings. The van der Waals surface area contributed by atoms with Crippen LogP contribution in [0.4, 0.5) is 0 Å². The number of benzene rings is 1. The lowest BCUT2D eigenvalue weighted by molar-refractivity contribution is 0.885. The fraction of sp³-hybridized carbons (Fsp3) is 0.0556. The molecule has 0 spiro atoms. The van der Waals surface area contributed by atoms with Crippen molar-refractivity contribution in [3.63, 3.8) is 0 Å². The predicted octanol–water partition coefficient (Wildman–Crippen LogP) is 4.68. The molecule has 0 atom stereocenters. The number of aromatic nitrogens is 4. The third-order valence-electron chi connectivity index (χ3n) is 3.46. The van der Waals surface area contributed by atoms with E-state index in [1.165, 1.54) is 0 Å². The van der Waals surface area contributed by atoms with Crippen LogP contribution in [0.25, 0.3) is 16.4 Å². The molecule has 0 saturated heterocycles. The van der Waals surface area contributed by atoms with Crippen molar-refractivity contribution >= 4 is 23.1 Å². The van der Waals surface area contributed by atoms with Crippen molar-refractivity contribution in [1.82, 2.24) is 19.7 Å². The molecule has 0 aliphatic rings. The van der Waals surface area contributed by atoms with Gasteiger partial charge in [-0.25, -0.2) is 0 Å². The third kappa shape index (κ3) is 3.11. The molecule has 6 heteroatoms. The van der Waals surface area contributed by atoms with E-state index in [2.05, 4.69) is 43.3 Å². The summed E-state index contributed by atoms with van der Waals surface area (Å²) in [6.45, 7) is 0. The van der Waals surface area contributed by atoms with Gasteiger partial charge in [0.15, 0.2) is 11.0 Å². The first-order valence-corrected chi connectivity index (χ1v) is 9.36. The molecule has 0 bridgehead atoms. The van der Waals surface area contributed by atoms with Crippen LogP contribution in [0.3, 0.4) is 0 Å². The van der Waals surface area contributed by atoms with Gasteiger partial charge in [-0.3, -0.25) is 9.55 Å². The predicted molar refractivity (Wildman–Crippen MR) is 98.5 cm³/mol. The molecular formula is C18H14N4S2. The zero-order valence-corrected chi connectivity index (χ0v) is 14.4. The van der Waals surface area contributed by atoms with Crippen molar-refractivity contribution in [2.24, 2.45) is 0 Å². The first kappa shape index (κ1) is 15.1. The lowest BCUT2D eigenvalue weighted by Gasteiger charge is -2.09. The molecule has 0 saturated carbocycles. The molecule has 4 nitrogen and oxygen atoms in total. The van der Waals surface area contributed by atoms with Crippen molar-refractivity contribution in [3.05, 3.63) is 77.9 Å². The number of thioether (sulfide) groups is 1. The summed E-state index contributed by atoms with van der Waals surface area (Å²) in [5.41, 5.74) is 2.09. The highest BCUT2D eigenvalue weighted by atomic mass is 32.2. The van der Waals surface area contributed by atoms with Crippen LogP contribution in [0.5, 0.6) is 0 Å². The summed E-state index contributed by atoms with van der Waals surface area (Å²) in [5.74, 6) is 1.63. The summed E-state index contributed by atoms with van der Waals surface area (Å²) < 4.78 is 2.11. The molecule has 1 aromatic carbocycles. The normalized spacial score (nSPS) is 10.8. The SMILES string of the molecule is c1ccc(-n2c(SCc3ccccn3)nnc2-c2cccs2)cc1. The smallest absolute Gasteiger partial charge is 0.196 e. The summed E-state index contributed by atoms with van der Waals surface area (Å²) in [6, 6.07) is 20.3. The van der Waals surface area contributed by atoms with Gasteiger partial charge in [0.1, 0.15) is 0 Å². The average Bonchev–Trinajstić information content (AvgIpc) is 3.31. The second-order valence-electron chi connectivity index (χ2n) is 5.06. The zero-order chi connectivity index (χ0) is 16.2. The van der Waals surface area contributed by atoms with Crippen LogP contribution in [0, 0.1) is 0 Å². The van der Waals surface area contributed by atoms with Crippen molar-refractivity contribution < 1.29 is 0 Å². The number of hydrogen-bond donors (Lipinski definition) is 0. The Labute approximate surface area is 148 Å². The monoisotopic (exact) mass is 350 g/mol. The number of pyridine rings is 1. The van der Waals surface area contributed by atoms with Gasteiger partial charge in [0.25, 0.3) is 0 Å². The Morgan fingerprint density at radius 2 is 1.79 bits per heavy atom. The molecule has 0 unspecified atom stereocenters. The zero-order valence-electron chi connectivity index (χ0n) is 12.7. The van der Waals surface area contributed by atoms with E-state index in [9.17, 15) is 0 Å². The van der Waals surface area contributed by atoms with E-state index in [-0.39, 0.29) is 0 Å². The summed E-state index contributed by atoms with van der Waals surface area (Å²) in [4.78, 5) is 5.48. The molecule has 0 N–H and O–H groups in total. The second kappa shape index (κ2) is 6.98. The van der Waals surface area contributed by atoms with E-state index in [0.29, 0.717) is 0 Å². The van der Waals surface area contributed by atoms with Crippen molar-refractivity contribution in [1.29, 1.82) is 0 Å². The number of thiophene rings is 1. The van der Waals surface area contributed by atoms with Gasteiger partial charge < -0.3 is 0 Å². The van der Waals surface area contributed by atoms with Crippen molar-refractivity contribution in [3.8, 4) is 16.4 Å². The van der Waals surface area contributed by atoms with Crippen LogP contribution in [0.2, 0.25) is 0 Å². The van der Waals surface area contributed by atoms with Crippen LogP contribution >= 0.6 is 23.1 Å². The highest BCUT2D eigenvalue weighted by Gasteiger charge is 2.16. The summed E-state index contributed by atoms with van der Waals surface area (Å²) in [6.07, 6.45) is 1.81. The molecule has 0 amide bonds. The van der Waals surface area contributed by atoms with E-state index in [1.54, 1.807) is 23.1 Å². The van der Waals surface area contributed by atoms with E-state index in [0.717, 1.165) is 33.0 Å². The van der Waals surface area contributed by atoms with Gasteiger partial charge in [0.05, 0.1) is 10.6 Å². The van der Waals surface area contributed by atoms with Gasteiger partial charge >= 0.3 is 0 Å². The summed E-state index contributed by atoms with van der Waals surface area (Å²) in [7, 11) is 0. The van der Waals surface area contributed by atoms with E-state index < -0.39 is 0 Å². The maximum absolute atomic E-state index is 4.43. The van der Waals surface area contributed by atoms with Gasteiger partial charge in [0, 0.05) is 17.6 Å². The lowest BCUT2D eigenvalue weighted by atomic mass is 10.3. The minimum absolute atomic E-state index is 0.760. The van der Waals surface area contributed by atoms with Gasteiger partial charge in [-0.2, -0.15) is 0 Å². The molecule has 4 aromatic rings. The van der Waals surface area contributed by atoms with Gasteiger partial charge in [-0.15, -0.1) is 21.5 Å². The fourth-order valence-electron chi connectivity index (χ4n) is 2.36. The first-order chi connectivity index (χ1) is 11.9. The third-order valence-corrected chi connectivity index (χ3v) is 5.29. The number of nitrogens with zero attached hydrogens (tertiary/aromatic N) is 4. The van der Waals surface area contributed by atoms with Gasteiger partial charge in [-0.05, 0) is 35.7 Å². The maximum Gasteiger partial charge on any atom is 0.196 e. The minimum atomic E-state index is 0.760. The molecule has 0 aliphatic carbocycles.